The lowest BCUT2D eigenvalue weighted by molar-refractivity contribution is 1.06. The second-order valence-electron chi connectivity index (χ2n) is 3.09. The lowest BCUT2D eigenvalue weighted by Gasteiger charge is -2.03. The summed E-state index contributed by atoms with van der Waals surface area (Å²) in [6.45, 7) is 2.11. The van der Waals surface area contributed by atoms with Crippen LogP contribution in [0.4, 0.5) is 5.69 Å². The van der Waals surface area contributed by atoms with Crippen molar-refractivity contribution in [2.24, 2.45) is 0 Å². The molecule has 0 amide bonds. The Morgan fingerprint density at radius 2 is 2.15 bits per heavy atom. The topological polar surface area (TPSA) is 38.9 Å². The molecule has 66 valence electrons. The Morgan fingerprint density at radius 1 is 1.31 bits per heavy atom. The zero-order chi connectivity index (χ0) is 9.26. The van der Waals surface area contributed by atoms with Gasteiger partial charge in [-0.2, -0.15) is 0 Å². The van der Waals surface area contributed by atoms with Gasteiger partial charge in [-0.1, -0.05) is 13.0 Å². The van der Waals surface area contributed by atoms with Gasteiger partial charge in [-0.15, -0.1) is 0 Å². The second kappa shape index (κ2) is 3.05. The number of nitrogens with zero attached hydrogens (tertiary/aromatic N) is 1. The third kappa shape index (κ3) is 1.35. The SMILES string of the molecule is CCc1nccc2cc(N)ccc12. The minimum absolute atomic E-state index is 0.806. The zero-order valence-electron chi connectivity index (χ0n) is 7.62. The van der Waals surface area contributed by atoms with E-state index in [-0.39, 0.29) is 0 Å². The fourth-order valence-electron chi connectivity index (χ4n) is 1.54. The molecule has 0 saturated carbocycles. The Labute approximate surface area is 77.4 Å². The number of anilines is 1. The maximum atomic E-state index is 5.69. The smallest absolute Gasteiger partial charge is 0.0479 e. The predicted octanol–water partition coefficient (Wildman–Crippen LogP) is 2.38. The van der Waals surface area contributed by atoms with Crippen LogP contribution >= 0.6 is 0 Å². The summed E-state index contributed by atoms with van der Waals surface area (Å²) in [6.07, 6.45) is 2.79. The molecule has 13 heavy (non-hydrogen) atoms. The first-order chi connectivity index (χ1) is 6.31. The number of aryl methyl sites for hydroxylation is 1. The van der Waals surface area contributed by atoms with E-state index in [4.69, 9.17) is 5.73 Å². The molecule has 0 bridgehead atoms. The normalized spacial score (nSPS) is 10.5. The van der Waals surface area contributed by atoms with E-state index < -0.39 is 0 Å². The van der Waals surface area contributed by atoms with Gasteiger partial charge < -0.3 is 5.73 Å². The largest absolute Gasteiger partial charge is 0.399 e. The summed E-state index contributed by atoms with van der Waals surface area (Å²) in [5.74, 6) is 0. The standard InChI is InChI=1S/C11H12N2/c1-2-11-10-4-3-9(12)7-8(10)5-6-13-11/h3-7H,2,12H2,1H3. The van der Waals surface area contributed by atoms with Gasteiger partial charge >= 0.3 is 0 Å². The average Bonchev–Trinajstić information content (AvgIpc) is 2.16. The molecule has 2 N–H and O–H groups in total. The van der Waals surface area contributed by atoms with Crippen molar-refractivity contribution in [2.75, 3.05) is 5.73 Å². The minimum Gasteiger partial charge on any atom is -0.399 e. The number of pyridine rings is 1. The van der Waals surface area contributed by atoms with Crippen LogP contribution in [0.1, 0.15) is 12.6 Å². The summed E-state index contributed by atoms with van der Waals surface area (Å²) < 4.78 is 0. The quantitative estimate of drug-likeness (QED) is 0.671. The van der Waals surface area contributed by atoms with Crippen LogP contribution in [0.3, 0.4) is 0 Å². The molecule has 0 radical (unpaired) electrons. The molecule has 2 heteroatoms. The highest BCUT2D eigenvalue weighted by molar-refractivity contribution is 5.86. The van der Waals surface area contributed by atoms with E-state index in [0.717, 1.165) is 17.8 Å². The van der Waals surface area contributed by atoms with Crippen LogP contribution in [0.2, 0.25) is 0 Å². The van der Waals surface area contributed by atoms with Crippen molar-refractivity contribution in [3.05, 3.63) is 36.2 Å². The van der Waals surface area contributed by atoms with Gasteiger partial charge in [0, 0.05) is 23.0 Å². The van der Waals surface area contributed by atoms with Crippen molar-refractivity contribution < 1.29 is 0 Å². The molecule has 2 rings (SSSR count). The van der Waals surface area contributed by atoms with Gasteiger partial charge in [0.15, 0.2) is 0 Å². The van der Waals surface area contributed by atoms with Crippen LogP contribution in [0.15, 0.2) is 30.5 Å². The number of nitrogens with two attached hydrogens (primary N) is 1. The van der Waals surface area contributed by atoms with Gasteiger partial charge in [-0.25, -0.2) is 0 Å². The van der Waals surface area contributed by atoms with Crippen molar-refractivity contribution >= 4 is 16.5 Å². The summed E-state index contributed by atoms with van der Waals surface area (Å²) in [4.78, 5) is 4.31. The van der Waals surface area contributed by atoms with E-state index in [1.807, 2.05) is 30.5 Å². The van der Waals surface area contributed by atoms with E-state index in [0.29, 0.717) is 0 Å². The van der Waals surface area contributed by atoms with Crippen LogP contribution in [0.5, 0.6) is 0 Å². The van der Waals surface area contributed by atoms with E-state index in [1.165, 1.54) is 10.8 Å². The molecule has 1 aromatic heterocycles. The Morgan fingerprint density at radius 3 is 2.92 bits per heavy atom. The van der Waals surface area contributed by atoms with E-state index >= 15 is 0 Å². The van der Waals surface area contributed by atoms with Gasteiger partial charge in [-0.05, 0) is 30.0 Å². The number of nitrogen functional groups attached to an aromatic ring is 1. The van der Waals surface area contributed by atoms with Crippen LogP contribution in [-0.2, 0) is 6.42 Å². The first-order valence-corrected chi connectivity index (χ1v) is 4.44. The van der Waals surface area contributed by atoms with Crippen molar-refractivity contribution in [3.8, 4) is 0 Å². The first-order valence-electron chi connectivity index (χ1n) is 4.44. The molecule has 0 unspecified atom stereocenters. The van der Waals surface area contributed by atoms with Gasteiger partial charge in [0.25, 0.3) is 0 Å². The van der Waals surface area contributed by atoms with Crippen molar-refractivity contribution in [3.63, 3.8) is 0 Å². The van der Waals surface area contributed by atoms with Gasteiger partial charge in [0.05, 0.1) is 0 Å². The highest BCUT2D eigenvalue weighted by Gasteiger charge is 1.99. The molecule has 2 aromatic rings. The van der Waals surface area contributed by atoms with E-state index in [2.05, 4.69) is 11.9 Å². The number of hydrogen-bond acceptors (Lipinski definition) is 2. The molecule has 0 aliphatic carbocycles. The molecular formula is C11H12N2. The number of rotatable bonds is 1. The average molecular weight is 172 g/mol. The molecule has 0 aliphatic rings. The van der Waals surface area contributed by atoms with Crippen molar-refractivity contribution in [2.45, 2.75) is 13.3 Å². The third-order valence-corrected chi connectivity index (χ3v) is 2.21. The molecule has 1 aromatic carbocycles. The van der Waals surface area contributed by atoms with Crippen LogP contribution < -0.4 is 5.73 Å². The summed E-state index contributed by atoms with van der Waals surface area (Å²) in [5.41, 5.74) is 7.64. The Balaban J connectivity index is 2.77. The van der Waals surface area contributed by atoms with Crippen LogP contribution in [0.25, 0.3) is 10.8 Å². The maximum absolute atomic E-state index is 5.69. The predicted molar refractivity (Wildman–Crippen MR) is 55.5 cm³/mol. The number of benzene rings is 1. The molecular weight excluding hydrogens is 160 g/mol. The van der Waals surface area contributed by atoms with Crippen LogP contribution in [0, 0.1) is 0 Å². The molecule has 0 saturated heterocycles. The number of fused-ring (bicyclic) bond motifs is 1. The lowest BCUT2D eigenvalue weighted by Crippen LogP contribution is -1.90. The monoisotopic (exact) mass is 172 g/mol. The summed E-state index contributed by atoms with van der Waals surface area (Å²) >= 11 is 0. The van der Waals surface area contributed by atoms with E-state index in [1.54, 1.807) is 0 Å². The Bertz CT molecular complexity index is 435. The third-order valence-electron chi connectivity index (χ3n) is 2.21. The molecule has 0 fully saturated rings. The van der Waals surface area contributed by atoms with Crippen molar-refractivity contribution in [1.82, 2.24) is 4.98 Å². The number of aromatic nitrogens is 1. The molecule has 2 nitrogen and oxygen atoms in total. The highest BCUT2D eigenvalue weighted by Crippen LogP contribution is 2.19. The van der Waals surface area contributed by atoms with Crippen molar-refractivity contribution in [1.29, 1.82) is 0 Å². The maximum Gasteiger partial charge on any atom is 0.0479 e. The molecule has 0 spiro atoms. The van der Waals surface area contributed by atoms with Gasteiger partial charge in [-0.3, -0.25) is 4.98 Å². The lowest BCUT2D eigenvalue weighted by atomic mass is 10.1. The highest BCUT2D eigenvalue weighted by atomic mass is 14.7. The van der Waals surface area contributed by atoms with Gasteiger partial charge in [0.1, 0.15) is 0 Å². The molecule has 0 atom stereocenters. The number of hydrogen-bond donors (Lipinski definition) is 1. The molecule has 0 aliphatic heterocycles. The summed E-state index contributed by atoms with van der Waals surface area (Å²) in [5, 5.41) is 2.38. The van der Waals surface area contributed by atoms with Gasteiger partial charge in [0.2, 0.25) is 0 Å². The van der Waals surface area contributed by atoms with Crippen LogP contribution in [-0.4, -0.2) is 4.98 Å². The Kier molecular flexibility index (Phi) is 1.89. The Hall–Kier alpha value is -1.57. The van der Waals surface area contributed by atoms with E-state index in [9.17, 15) is 0 Å². The summed E-state index contributed by atoms with van der Waals surface area (Å²) in [6, 6.07) is 7.93. The fourth-order valence-corrected chi connectivity index (χ4v) is 1.54. The fraction of sp³-hybridized carbons (Fsp3) is 0.182. The second-order valence-corrected chi connectivity index (χ2v) is 3.09. The first kappa shape index (κ1) is 8.05. The minimum atomic E-state index is 0.806. The molecule has 1 heterocycles. The summed E-state index contributed by atoms with van der Waals surface area (Å²) in [7, 11) is 0. The zero-order valence-corrected chi connectivity index (χ0v) is 7.62.